The Morgan fingerprint density at radius 3 is 2.88 bits per heavy atom. The van der Waals surface area contributed by atoms with Crippen molar-refractivity contribution in [2.45, 2.75) is 18.9 Å². The summed E-state index contributed by atoms with van der Waals surface area (Å²) in [4.78, 5) is 23.0. The average molecular weight is 334 g/mol. The van der Waals surface area contributed by atoms with Gasteiger partial charge >= 0.3 is 5.69 Å². The molecule has 2 N–H and O–H groups in total. The van der Waals surface area contributed by atoms with Crippen molar-refractivity contribution in [2.24, 2.45) is 0 Å². The topological polar surface area (TPSA) is 75.7 Å². The highest BCUT2D eigenvalue weighted by Gasteiger charge is 2.21. The van der Waals surface area contributed by atoms with Gasteiger partial charge in [-0.05, 0) is 48.1 Å². The monoisotopic (exact) mass is 334 g/mol. The third-order valence-electron chi connectivity index (χ3n) is 5.01. The molecule has 4 heterocycles. The predicted molar refractivity (Wildman–Crippen MR) is 96.7 cm³/mol. The molecule has 6 heteroatoms. The van der Waals surface area contributed by atoms with Crippen molar-refractivity contribution in [1.82, 2.24) is 19.5 Å². The van der Waals surface area contributed by atoms with Crippen molar-refractivity contribution in [3.8, 4) is 11.1 Å². The lowest BCUT2D eigenvalue weighted by Crippen LogP contribution is -2.27. The van der Waals surface area contributed by atoms with Crippen LogP contribution in [0.4, 0.5) is 0 Å². The fraction of sp³-hybridized carbons (Fsp3) is 0.263. The predicted octanol–water partition coefficient (Wildman–Crippen LogP) is 3.22. The lowest BCUT2D eigenvalue weighted by molar-refractivity contribution is 0.0698. The molecule has 0 atom stereocenters. The number of ether oxygens (including phenoxy) is 1. The minimum absolute atomic E-state index is 0.0902. The Labute approximate surface area is 143 Å². The van der Waals surface area contributed by atoms with Gasteiger partial charge in [-0.25, -0.2) is 9.78 Å². The molecule has 0 saturated carbocycles. The van der Waals surface area contributed by atoms with E-state index in [4.69, 9.17) is 4.74 Å². The summed E-state index contributed by atoms with van der Waals surface area (Å²) in [6.07, 6.45) is 5.46. The number of imidazole rings is 1. The number of nitrogens with zero attached hydrogens (tertiary/aromatic N) is 2. The number of fused-ring (bicyclic) bond motifs is 2. The molecular weight excluding hydrogens is 316 g/mol. The Bertz CT molecular complexity index is 1120. The van der Waals surface area contributed by atoms with Crippen molar-refractivity contribution in [3.63, 3.8) is 0 Å². The molecule has 6 nitrogen and oxygen atoms in total. The van der Waals surface area contributed by atoms with Crippen molar-refractivity contribution >= 4 is 22.1 Å². The molecule has 0 amide bonds. The van der Waals surface area contributed by atoms with Gasteiger partial charge in [0.15, 0.2) is 5.65 Å². The Balaban J connectivity index is 1.65. The summed E-state index contributed by atoms with van der Waals surface area (Å²) in [5.74, 6) is 0. The maximum Gasteiger partial charge on any atom is 0.327 e. The first-order chi connectivity index (χ1) is 12.3. The molecule has 126 valence electrons. The lowest BCUT2D eigenvalue weighted by Gasteiger charge is -2.23. The van der Waals surface area contributed by atoms with Crippen LogP contribution in [0.25, 0.3) is 33.2 Å². The lowest BCUT2D eigenvalue weighted by atomic mass is 10.1. The van der Waals surface area contributed by atoms with Gasteiger partial charge in [0.05, 0.1) is 5.52 Å². The second-order valence-electron chi connectivity index (χ2n) is 6.52. The molecular formula is C19H18N4O2. The molecule has 3 aromatic heterocycles. The maximum absolute atomic E-state index is 12.4. The van der Waals surface area contributed by atoms with E-state index in [1.165, 1.54) is 0 Å². The minimum atomic E-state index is -0.0902. The van der Waals surface area contributed by atoms with E-state index in [2.05, 4.69) is 45.3 Å². The van der Waals surface area contributed by atoms with Crippen LogP contribution in [0.1, 0.15) is 18.9 Å². The summed E-state index contributed by atoms with van der Waals surface area (Å²) in [6.45, 7) is 1.39. The molecule has 1 saturated heterocycles. The molecule has 1 aliphatic heterocycles. The fourth-order valence-electron chi connectivity index (χ4n) is 3.70. The highest BCUT2D eigenvalue weighted by Crippen LogP contribution is 2.28. The van der Waals surface area contributed by atoms with Gasteiger partial charge in [-0.15, -0.1) is 0 Å². The summed E-state index contributed by atoms with van der Waals surface area (Å²) in [5.41, 5.74) is 4.63. The first-order valence-electron chi connectivity index (χ1n) is 8.55. The van der Waals surface area contributed by atoms with Gasteiger partial charge in [0.25, 0.3) is 0 Å². The van der Waals surface area contributed by atoms with E-state index in [9.17, 15) is 4.79 Å². The molecule has 4 aromatic rings. The number of nitrogens with one attached hydrogen (secondary N) is 2. The summed E-state index contributed by atoms with van der Waals surface area (Å²) < 4.78 is 7.28. The highest BCUT2D eigenvalue weighted by atomic mass is 16.5. The van der Waals surface area contributed by atoms with Crippen LogP contribution >= 0.6 is 0 Å². The van der Waals surface area contributed by atoms with Crippen molar-refractivity contribution in [2.75, 3.05) is 13.2 Å². The van der Waals surface area contributed by atoms with E-state index in [1.807, 2.05) is 17.0 Å². The van der Waals surface area contributed by atoms with Crippen LogP contribution in [0, 0.1) is 0 Å². The Kier molecular flexibility index (Phi) is 3.24. The van der Waals surface area contributed by atoms with Gasteiger partial charge < -0.3 is 9.72 Å². The standard InChI is InChI=1S/C19H18N4O2/c24-19-22-18-17(23(19)15-4-7-25-8-5-15)10-14(11-21-18)12-1-2-16-13(9-12)3-6-20-16/h1-3,6,9-11,15,20H,4-5,7-8H2,(H,21,22,24). The number of H-pyrrole nitrogens is 2. The van der Waals surface area contributed by atoms with E-state index in [-0.39, 0.29) is 11.7 Å². The van der Waals surface area contributed by atoms with E-state index >= 15 is 0 Å². The first kappa shape index (κ1) is 14.5. The van der Waals surface area contributed by atoms with Gasteiger partial charge in [0.1, 0.15) is 0 Å². The molecule has 0 aliphatic carbocycles. The minimum Gasteiger partial charge on any atom is -0.381 e. The van der Waals surface area contributed by atoms with Crippen molar-refractivity contribution in [3.05, 3.63) is 53.2 Å². The number of pyridine rings is 1. The number of hydrogen-bond donors (Lipinski definition) is 2. The zero-order chi connectivity index (χ0) is 16.8. The number of aromatic amines is 2. The summed E-state index contributed by atoms with van der Waals surface area (Å²) >= 11 is 0. The summed E-state index contributed by atoms with van der Waals surface area (Å²) in [5, 5.41) is 1.16. The third-order valence-corrected chi connectivity index (χ3v) is 5.01. The van der Waals surface area contributed by atoms with Crippen LogP contribution in [-0.2, 0) is 4.74 Å². The third kappa shape index (κ3) is 2.37. The van der Waals surface area contributed by atoms with Crippen LogP contribution < -0.4 is 5.69 Å². The second-order valence-corrected chi connectivity index (χ2v) is 6.52. The number of aromatic nitrogens is 4. The Hall–Kier alpha value is -2.86. The molecule has 1 aromatic carbocycles. The zero-order valence-electron chi connectivity index (χ0n) is 13.7. The van der Waals surface area contributed by atoms with Crippen LogP contribution in [0.5, 0.6) is 0 Å². The van der Waals surface area contributed by atoms with E-state index in [0.717, 1.165) is 40.4 Å². The highest BCUT2D eigenvalue weighted by molar-refractivity contribution is 5.86. The first-order valence-corrected chi connectivity index (χ1v) is 8.55. The van der Waals surface area contributed by atoms with Gasteiger partial charge in [-0.1, -0.05) is 6.07 Å². The SMILES string of the molecule is O=c1[nH]c2ncc(-c3ccc4[nH]ccc4c3)cc2n1C1CCOCC1. The normalized spacial score (nSPS) is 16.0. The van der Waals surface area contributed by atoms with Gasteiger partial charge in [-0.2, -0.15) is 0 Å². The largest absolute Gasteiger partial charge is 0.381 e. The Morgan fingerprint density at radius 1 is 1.12 bits per heavy atom. The molecule has 0 unspecified atom stereocenters. The van der Waals surface area contributed by atoms with Crippen LogP contribution in [0.3, 0.4) is 0 Å². The Morgan fingerprint density at radius 2 is 2.00 bits per heavy atom. The van der Waals surface area contributed by atoms with Crippen molar-refractivity contribution < 1.29 is 4.74 Å². The summed E-state index contributed by atoms with van der Waals surface area (Å²) in [7, 11) is 0. The number of hydrogen-bond acceptors (Lipinski definition) is 3. The van der Waals surface area contributed by atoms with Crippen LogP contribution in [-0.4, -0.2) is 32.7 Å². The molecule has 0 spiro atoms. The molecule has 1 fully saturated rings. The second kappa shape index (κ2) is 5.60. The van der Waals surface area contributed by atoms with Crippen LogP contribution in [0.2, 0.25) is 0 Å². The summed E-state index contributed by atoms with van der Waals surface area (Å²) in [6, 6.07) is 10.6. The number of rotatable bonds is 2. The van der Waals surface area contributed by atoms with Gasteiger partial charge in [-0.3, -0.25) is 9.55 Å². The number of benzene rings is 1. The smallest absolute Gasteiger partial charge is 0.327 e. The van der Waals surface area contributed by atoms with E-state index < -0.39 is 0 Å². The molecule has 1 aliphatic rings. The maximum atomic E-state index is 12.4. The van der Waals surface area contributed by atoms with E-state index in [1.54, 1.807) is 0 Å². The molecule has 25 heavy (non-hydrogen) atoms. The molecule has 5 rings (SSSR count). The van der Waals surface area contributed by atoms with E-state index in [0.29, 0.717) is 18.9 Å². The fourth-order valence-corrected chi connectivity index (χ4v) is 3.70. The zero-order valence-corrected chi connectivity index (χ0v) is 13.7. The molecule has 0 radical (unpaired) electrons. The van der Waals surface area contributed by atoms with Crippen molar-refractivity contribution in [1.29, 1.82) is 0 Å². The average Bonchev–Trinajstić information content (AvgIpc) is 3.24. The quantitative estimate of drug-likeness (QED) is 0.591. The van der Waals surface area contributed by atoms with Gasteiger partial charge in [0.2, 0.25) is 0 Å². The van der Waals surface area contributed by atoms with Crippen LogP contribution in [0.15, 0.2) is 47.5 Å². The molecule has 0 bridgehead atoms. The van der Waals surface area contributed by atoms with Gasteiger partial charge in [0, 0.05) is 42.7 Å².